The Morgan fingerprint density at radius 2 is 2.12 bits per heavy atom. The number of Topliss-reactive ketones (excluding diaryl/α,β-unsaturated/α-hetero) is 1. The standard InChI is InChI=1S/C19H12N2O3/c1-23-13-3-5-16-15(8-13)12(10-21-16)7-18-19(22)14-4-2-11(9-20)6-17(14)24-18/h2-8,10,21H,1H3/b18-7-. The smallest absolute Gasteiger partial charge is 0.231 e. The van der Waals surface area contributed by atoms with Gasteiger partial charge in [0.15, 0.2) is 5.76 Å². The fraction of sp³-hybridized carbons (Fsp3) is 0.0526. The molecule has 0 saturated heterocycles. The molecule has 24 heavy (non-hydrogen) atoms. The van der Waals surface area contributed by atoms with Crippen LogP contribution in [0.4, 0.5) is 0 Å². The predicted octanol–water partition coefficient (Wildman–Crippen LogP) is 3.66. The van der Waals surface area contributed by atoms with E-state index in [1.807, 2.05) is 30.5 Å². The second-order valence-electron chi connectivity index (χ2n) is 5.42. The number of benzene rings is 2. The van der Waals surface area contributed by atoms with Crippen LogP contribution in [0, 0.1) is 11.3 Å². The van der Waals surface area contributed by atoms with E-state index in [1.54, 1.807) is 31.4 Å². The third kappa shape index (κ3) is 2.13. The van der Waals surface area contributed by atoms with Crippen LogP contribution in [0.5, 0.6) is 11.5 Å². The third-order valence-electron chi connectivity index (χ3n) is 4.01. The van der Waals surface area contributed by atoms with E-state index in [4.69, 9.17) is 14.7 Å². The Labute approximate surface area is 137 Å². The van der Waals surface area contributed by atoms with Gasteiger partial charge in [0.25, 0.3) is 0 Å². The second-order valence-corrected chi connectivity index (χ2v) is 5.42. The van der Waals surface area contributed by atoms with Gasteiger partial charge in [-0.15, -0.1) is 0 Å². The minimum absolute atomic E-state index is 0.188. The first-order valence-electron chi connectivity index (χ1n) is 7.33. The summed E-state index contributed by atoms with van der Waals surface area (Å²) in [4.78, 5) is 15.6. The number of carbonyl (C=O) groups excluding carboxylic acids is 1. The summed E-state index contributed by atoms with van der Waals surface area (Å²) >= 11 is 0. The van der Waals surface area contributed by atoms with E-state index in [-0.39, 0.29) is 11.5 Å². The summed E-state index contributed by atoms with van der Waals surface area (Å²) in [6.45, 7) is 0. The van der Waals surface area contributed by atoms with Crippen molar-refractivity contribution < 1.29 is 14.3 Å². The van der Waals surface area contributed by atoms with Gasteiger partial charge in [-0.3, -0.25) is 4.79 Å². The van der Waals surface area contributed by atoms with Crippen LogP contribution in [0.15, 0.2) is 48.4 Å². The Hall–Kier alpha value is -3.52. The van der Waals surface area contributed by atoms with E-state index in [9.17, 15) is 4.79 Å². The number of aromatic amines is 1. The van der Waals surface area contributed by atoms with Gasteiger partial charge < -0.3 is 14.5 Å². The van der Waals surface area contributed by atoms with Gasteiger partial charge in [-0.05, 0) is 42.5 Å². The van der Waals surface area contributed by atoms with Gasteiger partial charge in [-0.1, -0.05) is 0 Å². The van der Waals surface area contributed by atoms with E-state index < -0.39 is 0 Å². The number of rotatable bonds is 2. The van der Waals surface area contributed by atoms with E-state index in [1.165, 1.54) is 0 Å². The number of ether oxygens (including phenoxy) is 2. The SMILES string of the molecule is COc1ccc2[nH]cc(/C=C3\Oc4cc(C#N)ccc4C3=O)c2c1. The van der Waals surface area contributed by atoms with Gasteiger partial charge in [-0.25, -0.2) is 0 Å². The highest BCUT2D eigenvalue weighted by Gasteiger charge is 2.27. The van der Waals surface area contributed by atoms with Crippen molar-refractivity contribution >= 4 is 22.8 Å². The van der Waals surface area contributed by atoms with Crippen molar-refractivity contribution in [1.82, 2.24) is 4.98 Å². The largest absolute Gasteiger partial charge is 0.497 e. The molecule has 0 unspecified atom stereocenters. The number of hydrogen-bond acceptors (Lipinski definition) is 4. The van der Waals surface area contributed by atoms with E-state index in [2.05, 4.69) is 4.98 Å². The number of aromatic nitrogens is 1. The average molecular weight is 316 g/mol. The summed E-state index contributed by atoms with van der Waals surface area (Å²) in [5, 5.41) is 9.89. The highest BCUT2D eigenvalue weighted by molar-refractivity contribution is 6.15. The van der Waals surface area contributed by atoms with E-state index >= 15 is 0 Å². The molecule has 5 nitrogen and oxygen atoms in total. The van der Waals surface area contributed by atoms with E-state index in [0.29, 0.717) is 16.9 Å². The maximum Gasteiger partial charge on any atom is 0.231 e. The summed E-state index contributed by atoms with van der Waals surface area (Å²) in [7, 11) is 1.61. The van der Waals surface area contributed by atoms with Crippen LogP contribution in [-0.4, -0.2) is 17.9 Å². The van der Waals surface area contributed by atoms with Gasteiger partial charge >= 0.3 is 0 Å². The molecule has 0 fully saturated rings. The summed E-state index contributed by atoms with van der Waals surface area (Å²) < 4.78 is 10.9. The van der Waals surface area contributed by atoms with Gasteiger partial charge in [0.1, 0.15) is 11.5 Å². The molecule has 0 amide bonds. The molecule has 0 spiro atoms. The van der Waals surface area contributed by atoms with Crippen molar-refractivity contribution in [3.05, 3.63) is 65.0 Å². The predicted molar refractivity (Wildman–Crippen MR) is 88.9 cm³/mol. The lowest BCUT2D eigenvalue weighted by Crippen LogP contribution is -1.97. The Morgan fingerprint density at radius 1 is 1.25 bits per heavy atom. The summed E-state index contributed by atoms with van der Waals surface area (Å²) in [5.74, 6) is 1.21. The Balaban J connectivity index is 1.77. The lowest BCUT2D eigenvalue weighted by Gasteiger charge is -2.00. The Kier molecular flexibility index (Phi) is 3.10. The van der Waals surface area contributed by atoms with Gasteiger partial charge in [-0.2, -0.15) is 5.26 Å². The van der Waals surface area contributed by atoms with Gasteiger partial charge in [0, 0.05) is 22.7 Å². The molecule has 4 rings (SSSR count). The molecule has 0 radical (unpaired) electrons. The summed E-state index contributed by atoms with van der Waals surface area (Å²) in [5.41, 5.74) is 2.70. The number of methoxy groups -OCH3 is 1. The van der Waals surface area contributed by atoms with Crippen molar-refractivity contribution in [2.45, 2.75) is 0 Å². The zero-order valence-electron chi connectivity index (χ0n) is 12.8. The molecule has 1 aliphatic rings. The molecule has 3 aromatic rings. The second kappa shape index (κ2) is 5.28. The number of nitrogens with one attached hydrogen (secondary N) is 1. The number of fused-ring (bicyclic) bond motifs is 2. The first-order valence-corrected chi connectivity index (χ1v) is 7.33. The van der Waals surface area contributed by atoms with Crippen molar-refractivity contribution in [2.75, 3.05) is 7.11 Å². The number of hydrogen-bond donors (Lipinski definition) is 1. The van der Waals surface area contributed by atoms with Crippen LogP contribution in [0.3, 0.4) is 0 Å². The molecule has 1 aromatic heterocycles. The quantitative estimate of drug-likeness (QED) is 0.732. The Morgan fingerprint density at radius 3 is 2.92 bits per heavy atom. The number of carbonyl (C=O) groups is 1. The molecule has 1 aliphatic heterocycles. The monoisotopic (exact) mass is 316 g/mol. The van der Waals surface area contributed by atoms with Crippen LogP contribution in [0.25, 0.3) is 17.0 Å². The molecular weight excluding hydrogens is 304 g/mol. The minimum Gasteiger partial charge on any atom is -0.497 e. The van der Waals surface area contributed by atoms with Crippen molar-refractivity contribution in [3.8, 4) is 17.6 Å². The number of nitrogens with zero attached hydrogens (tertiary/aromatic N) is 1. The molecule has 116 valence electrons. The van der Waals surface area contributed by atoms with Crippen molar-refractivity contribution in [1.29, 1.82) is 5.26 Å². The normalized spacial score (nSPS) is 14.5. The zero-order chi connectivity index (χ0) is 16.7. The average Bonchev–Trinajstić information content (AvgIpc) is 3.16. The highest BCUT2D eigenvalue weighted by atomic mass is 16.5. The number of nitriles is 1. The maximum absolute atomic E-state index is 12.5. The lowest BCUT2D eigenvalue weighted by molar-refractivity contribution is 0.101. The van der Waals surface area contributed by atoms with Crippen LogP contribution in [0.1, 0.15) is 21.5 Å². The van der Waals surface area contributed by atoms with Crippen LogP contribution >= 0.6 is 0 Å². The van der Waals surface area contributed by atoms with Gasteiger partial charge in [0.2, 0.25) is 5.78 Å². The minimum atomic E-state index is -0.188. The molecule has 5 heteroatoms. The highest BCUT2D eigenvalue weighted by Crippen LogP contribution is 2.34. The zero-order valence-corrected chi connectivity index (χ0v) is 12.8. The summed E-state index contributed by atoms with van der Waals surface area (Å²) in [6, 6.07) is 12.5. The van der Waals surface area contributed by atoms with Crippen LogP contribution in [0.2, 0.25) is 0 Å². The molecule has 2 heterocycles. The molecule has 0 saturated carbocycles. The molecule has 0 bridgehead atoms. The number of H-pyrrole nitrogens is 1. The first kappa shape index (κ1) is 14.1. The maximum atomic E-state index is 12.5. The number of ketones is 1. The first-order chi connectivity index (χ1) is 11.7. The molecule has 1 N–H and O–H groups in total. The molecule has 0 atom stereocenters. The van der Waals surface area contributed by atoms with E-state index in [0.717, 1.165) is 22.2 Å². The van der Waals surface area contributed by atoms with Crippen molar-refractivity contribution in [3.63, 3.8) is 0 Å². The summed E-state index contributed by atoms with van der Waals surface area (Å²) in [6.07, 6.45) is 3.52. The lowest BCUT2D eigenvalue weighted by atomic mass is 10.1. The van der Waals surface area contributed by atoms with Crippen LogP contribution < -0.4 is 9.47 Å². The van der Waals surface area contributed by atoms with Crippen LogP contribution in [-0.2, 0) is 0 Å². The molecular formula is C19H12N2O3. The molecule has 0 aliphatic carbocycles. The van der Waals surface area contributed by atoms with Gasteiger partial charge in [0.05, 0.1) is 24.3 Å². The fourth-order valence-electron chi connectivity index (χ4n) is 2.77. The Bertz CT molecular complexity index is 1050. The fourth-order valence-corrected chi connectivity index (χ4v) is 2.77. The molecule has 2 aromatic carbocycles. The topological polar surface area (TPSA) is 75.1 Å². The van der Waals surface area contributed by atoms with Crippen molar-refractivity contribution in [2.24, 2.45) is 0 Å². The third-order valence-corrected chi connectivity index (χ3v) is 4.01. The number of allylic oxidation sites excluding steroid dienone is 1.